The quantitative estimate of drug-likeness (QED) is 0.259. The number of hydrogen-bond donors (Lipinski definition) is 0. The summed E-state index contributed by atoms with van der Waals surface area (Å²) in [7, 11) is 0. The number of hydrogen-bond acceptors (Lipinski definition) is 5. The van der Waals surface area contributed by atoms with E-state index in [0.29, 0.717) is 0 Å². The molecule has 2 heterocycles. The summed E-state index contributed by atoms with van der Waals surface area (Å²) in [5, 5.41) is 9.15. The lowest BCUT2D eigenvalue weighted by Gasteiger charge is -2.32. The van der Waals surface area contributed by atoms with Crippen LogP contribution in [0.25, 0.3) is 0 Å². The fourth-order valence-corrected chi connectivity index (χ4v) is 4.93. The number of fused-ring (bicyclic) bond motifs is 1. The van der Waals surface area contributed by atoms with E-state index in [0.717, 1.165) is 53.7 Å². The number of aromatic nitrogens is 3. The van der Waals surface area contributed by atoms with Gasteiger partial charge in [0.2, 0.25) is 5.82 Å². The predicted molar refractivity (Wildman–Crippen MR) is 159 cm³/mol. The van der Waals surface area contributed by atoms with Crippen LogP contribution in [0.1, 0.15) is 118 Å². The Kier molecular flexibility index (Phi) is 10.5. The second-order valence-electron chi connectivity index (χ2n) is 11.8. The first-order chi connectivity index (χ1) is 17.7. The molecule has 1 aliphatic rings. The van der Waals surface area contributed by atoms with Gasteiger partial charge in [0.1, 0.15) is 5.71 Å². The van der Waals surface area contributed by atoms with Crippen molar-refractivity contribution in [2.75, 3.05) is 18.0 Å². The monoisotopic (exact) mass is 506 g/mol. The van der Waals surface area contributed by atoms with E-state index in [1.165, 1.54) is 57.1 Å². The third kappa shape index (κ3) is 7.75. The van der Waals surface area contributed by atoms with Crippen molar-refractivity contribution in [3.05, 3.63) is 35.9 Å². The molecule has 204 valence electrons. The summed E-state index contributed by atoms with van der Waals surface area (Å²) in [5.41, 5.74) is 3.77. The third-order valence-corrected chi connectivity index (χ3v) is 7.56. The minimum absolute atomic E-state index is 0.127. The van der Waals surface area contributed by atoms with Crippen LogP contribution in [0.5, 0.6) is 0 Å². The normalized spacial score (nSPS) is 16.1. The lowest BCUT2D eigenvalue weighted by atomic mass is 9.95. The van der Waals surface area contributed by atoms with Gasteiger partial charge in [-0.05, 0) is 55.9 Å². The first kappa shape index (κ1) is 29.1. The second kappa shape index (κ2) is 13.3. The van der Waals surface area contributed by atoms with Crippen LogP contribution in [0.2, 0.25) is 0 Å². The van der Waals surface area contributed by atoms with Gasteiger partial charge < -0.3 is 4.90 Å². The molecule has 6 heteroatoms. The minimum Gasteiger partial charge on any atom is -0.371 e. The zero-order valence-corrected chi connectivity index (χ0v) is 24.7. The molecule has 0 radical (unpaired) electrons. The molecule has 0 bridgehead atoms. The SMILES string of the molecule is CCCCC(CC)CN(CC(CC)CCCC)c1ccc(N=C2C(C)=Nn3nc(C(C)(C)C)nc32)cc1. The van der Waals surface area contributed by atoms with Crippen molar-refractivity contribution in [2.24, 2.45) is 21.9 Å². The van der Waals surface area contributed by atoms with Crippen LogP contribution in [0.3, 0.4) is 0 Å². The van der Waals surface area contributed by atoms with E-state index in [1.807, 2.05) is 6.92 Å². The van der Waals surface area contributed by atoms with E-state index in [4.69, 9.17) is 9.98 Å². The molecule has 0 saturated carbocycles. The Morgan fingerprint density at radius 1 is 0.892 bits per heavy atom. The summed E-state index contributed by atoms with van der Waals surface area (Å²) in [4.78, 5) is 14.0. The molecule has 0 amide bonds. The number of benzene rings is 1. The van der Waals surface area contributed by atoms with Gasteiger partial charge in [-0.3, -0.25) is 0 Å². The Morgan fingerprint density at radius 2 is 1.46 bits per heavy atom. The number of anilines is 1. The van der Waals surface area contributed by atoms with Crippen LogP contribution in [0.15, 0.2) is 34.4 Å². The van der Waals surface area contributed by atoms with Gasteiger partial charge in [-0.2, -0.15) is 5.10 Å². The molecular formula is C31H50N6. The van der Waals surface area contributed by atoms with Gasteiger partial charge in [0, 0.05) is 24.2 Å². The van der Waals surface area contributed by atoms with E-state index >= 15 is 0 Å². The lowest BCUT2D eigenvalue weighted by Crippen LogP contribution is -2.34. The Labute approximate surface area is 225 Å². The molecule has 0 spiro atoms. The molecule has 2 aromatic rings. The molecule has 2 atom stereocenters. The summed E-state index contributed by atoms with van der Waals surface area (Å²) in [6, 6.07) is 8.80. The van der Waals surface area contributed by atoms with Crippen molar-refractivity contribution in [2.45, 2.75) is 112 Å². The molecule has 3 rings (SSSR count). The topological polar surface area (TPSA) is 58.7 Å². The van der Waals surface area contributed by atoms with Crippen LogP contribution in [0.4, 0.5) is 11.4 Å². The number of nitrogens with zero attached hydrogens (tertiary/aromatic N) is 6. The second-order valence-corrected chi connectivity index (χ2v) is 11.8. The van der Waals surface area contributed by atoms with Crippen molar-refractivity contribution in [3.8, 4) is 0 Å². The van der Waals surface area contributed by atoms with E-state index in [1.54, 1.807) is 4.79 Å². The molecule has 1 aromatic carbocycles. The minimum atomic E-state index is -0.127. The fourth-order valence-electron chi connectivity index (χ4n) is 4.93. The molecule has 37 heavy (non-hydrogen) atoms. The number of aliphatic imine (C=N–C) groups is 1. The van der Waals surface area contributed by atoms with Crippen molar-refractivity contribution in [1.29, 1.82) is 0 Å². The molecule has 0 aliphatic carbocycles. The van der Waals surface area contributed by atoms with Crippen LogP contribution < -0.4 is 4.90 Å². The number of rotatable bonds is 14. The first-order valence-corrected chi connectivity index (χ1v) is 14.7. The highest BCUT2D eigenvalue weighted by molar-refractivity contribution is 6.48. The Hall–Kier alpha value is -2.50. The van der Waals surface area contributed by atoms with Crippen molar-refractivity contribution < 1.29 is 0 Å². The molecule has 6 nitrogen and oxygen atoms in total. The Bertz CT molecular complexity index is 1020. The molecule has 0 fully saturated rings. The average molecular weight is 507 g/mol. The van der Waals surface area contributed by atoms with Gasteiger partial charge in [0.25, 0.3) is 0 Å². The summed E-state index contributed by atoms with van der Waals surface area (Å²) >= 11 is 0. The molecule has 0 N–H and O–H groups in total. The largest absolute Gasteiger partial charge is 0.371 e. The van der Waals surface area contributed by atoms with E-state index in [2.05, 4.69) is 87.8 Å². The van der Waals surface area contributed by atoms with E-state index in [-0.39, 0.29) is 5.41 Å². The highest BCUT2D eigenvalue weighted by Crippen LogP contribution is 2.27. The van der Waals surface area contributed by atoms with Crippen molar-refractivity contribution in [1.82, 2.24) is 14.9 Å². The van der Waals surface area contributed by atoms with Gasteiger partial charge in [-0.25, -0.2) is 9.98 Å². The summed E-state index contributed by atoms with van der Waals surface area (Å²) in [6.45, 7) is 19.9. The Balaban J connectivity index is 1.84. The Morgan fingerprint density at radius 3 is 1.95 bits per heavy atom. The van der Waals surface area contributed by atoms with Crippen molar-refractivity contribution in [3.63, 3.8) is 0 Å². The first-order valence-electron chi connectivity index (χ1n) is 14.7. The van der Waals surface area contributed by atoms with Gasteiger partial charge in [0.15, 0.2) is 5.82 Å². The standard InChI is InChI=1S/C31H50N6/c1-9-13-15-24(11-3)21-36(22-25(12-4)16-14-10-2)27-19-17-26(18-20-27)32-28-23(5)34-37-29(28)33-30(35-37)31(6,7)8/h17-20,24-25H,9-16,21-22H2,1-8H3. The average Bonchev–Trinajstić information content (AvgIpc) is 3.42. The predicted octanol–water partition coefficient (Wildman–Crippen LogP) is 8.17. The molecular weight excluding hydrogens is 456 g/mol. The van der Waals surface area contributed by atoms with Crippen LogP contribution in [-0.2, 0) is 5.41 Å². The van der Waals surface area contributed by atoms with E-state index < -0.39 is 0 Å². The highest BCUT2D eigenvalue weighted by atomic mass is 15.6. The third-order valence-electron chi connectivity index (χ3n) is 7.56. The molecule has 2 unspecified atom stereocenters. The van der Waals surface area contributed by atoms with Gasteiger partial charge in [-0.15, -0.1) is 9.89 Å². The number of unbranched alkanes of at least 4 members (excludes halogenated alkanes) is 2. The van der Waals surface area contributed by atoms with Gasteiger partial charge >= 0.3 is 0 Å². The van der Waals surface area contributed by atoms with E-state index in [9.17, 15) is 0 Å². The summed E-state index contributed by atoms with van der Waals surface area (Å²) in [5.74, 6) is 3.00. The molecule has 1 aromatic heterocycles. The summed E-state index contributed by atoms with van der Waals surface area (Å²) < 4.78 is 0. The molecule has 1 aliphatic heterocycles. The van der Waals surface area contributed by atoms with Crippen molar-refractivity contribution >= 4 is 22.8 Å². The van der Waals surface area contributed by atoms with Gasteiger partial charge in [-0.1, -0.05) is 87.0 Å². The molecule has 0 saturated heterocycles. The van der Waals surface area contributed by atoms with Crippen LogP contribution >= 0.6 is 0 Å². The van der Waals surface area contributed by atoms with Gasteiger partial charge in [0.05, 0.1) is 11.4 Å². The van der Waals surface area contributed by atoms with Crippen LogP contribution in [-0.4, -0.2) is 39.4 Å². The maximum atomic E-state index is 4.96. The maximum absolute atomic E-state index is 4.96. The fraction of sp³-hybridized carbons (Fsp3) is 0.677. The van der Waals surface area contributed by atoms with Crippen LogP contribution in [0, 0.1) is 11.8 Å². The summed E-state index contributed by atoms with van der Waals surface area (Å²) in [6.07, 6.45) is 10.3. The maximum Gasteiger partial charge on any atom is 0.204 e. The zero-order valence-electron chi connectivity index (χ0n) is 24.7. The highest BCUT2D eigenvalue weighted by Gasteiger charge is 2.29. The zero-order chi connectivity index (χ0) is 27.0. The smallest absolute Gasteiger partial charge is 0.204 e. The lowest BCUT2D eigenvalue weighted by molar-refractivity contribution is 0.403.